The van der Waals surface area contributed by atoms with Gasteiger partial charge in [0.1, 0.15) is 11.8 Å². The molecule has 6 heterocycles. The molecule has 3 N–H and O–H groups in total. The van der Waals surface area contributed by atoms with Gasteiger partial charge in [-0.3, -0.25) is 19.1 Å². The summed E-state index contributed by atoms with van der Waals surface area (Å²) in [6.07, 6.45) is 3.26. The van der Waals surface area contributed by atoms with E-state index in [9.17, 15) is 9.18 Å². The monoisotopic (exact) mass is 524 g/mol. The number of anilines is 2. The number of halogens is 1. The van der Waals surface area contributed by atoms with E-state index in [0.29, 0.717) is 23.5 Å². The lowest BCUT2D eigenvalue weighted by Crippen LogP contribution is -2.47. The highest BCUT2D eigenvalue weighted by Crippen LogP contribution is 2.33. The number of imidazole rings is 1. The number of fused-ring (bicyclic) bond motifs is 1. The highest BCUT2D eigenvalue weighted by atomic mass is 19.1. The number of amides is 1. The quantitative estimate of drug-likeness (QED) is 0.317. The molecule has 4 aromatic heterocycles. The van der Waals surface area contributed by atoms with Crippen LogP contribution in [0.3, 0.4) is 0 Å². The Labute approximate surface area is 217 Å². The topological polar surface area (TPSA) is 140 Å². The number of H-pyrrole nitrogens is 1. The Bertz CT molecular complexity index is 1400. The Balaban J connectivity index is 1.09. The fourth-order valence-electron chi connectivity index (χ4n) is 4.71. The van der Waals surface area contributed by atoms with Crippen LogP contribution < -0.4 is 10.6 Å². The Kier molecular flexibility index (Phi) is 6.41. The average molecular weight is 525 g/mol. The van der Waals surface area contributed by atoms with Crippen molar-refractivity contribution in [3.8, 4) is 0 Å². The van der Waals surface area contributed by atoms with E-state index in [1.54, 1.807) is 32.3 Å². The number of nitrogens with zero attached hydrogens (tertiary/aromatic N) is 7. The number of nitrogens with one attached hydrogen (secondary N) is 3. The molecule has 0 unspecified atom stereocenters. The van der Waals surface area contributed by atoms with E-state index in [0.717, 1.165) is 31.0 Å². The highest BCUT2D eigenvalue weighted by molar-refractivity contribution is 5.67. The maximum atomic E-state index is 15.0. The molecule has 2 aliphatic heterocycles. The van der Waals surface area contributed by atoms with Gasteiger partial charge in [-0.2, -0.15) is 10.2 Å². The Morgan fingerprint density at radius 3 is 3.00 bits per heavy atom. The van der Waals surface area contributed by atoms with Crippen LogP contribution in [-0.4, -0.2) is 83.4 Å². The van der Waals surface area contributed by atoms with Gasteiger partial charge < -0.3 is 20.1 Å². The second-order valence-corrected chi connectivity index (χ2v) is 9.84. The number of rotatable bonds is 8. The summed E-state index contributed by atoms with van der Waals surface area (Å²) in [7, 11) is 0. The predicted molar refractivity (Wildman–Crippen MR) is 134 cm³/mol. The predicted octanol–water partition coefficient (Wildman–Crippen LogP) is 2.36. The van der Waals surface area contributed by atoms with Crippen molar-refractivity contribution in [2.24, 2.45) is 0 Å². The molecule has 4 aromatic rings. The Morgan fingerprint density at radius 1 is 1.34 bits per heavy atom. The van der Waals surface area contributed by atoms with Crippen LogP contribution in [0.2, 0.25) is 0 Å². The van der Waals surface area contributed by atoms with Crippen LogP contribution in [0, 0.1) is 0 Å². The van der Waals surface area contributed by atoms with Gasteiger partial charge in [-0.15, -0.1) is 0 Å². The number of likely N-dealkylation sites (tertiary alicyclic amines) is 1. The van der Waals surface area contributed by atoms with Crippen LogP contribution >= 0.6 is 0 Å². The Hall–Kier alpha value is -4.04. The lowest BCUT2D eigenvalue weighted by molar-refractivity contribution is 0.0615. The third-order valence-corrected chi connectivity index (χ3v) is 6.55. The molecule has 0 radical (unpaired) electrons. The van der Waals surface area contributed by atoms with Crippen LogP contribution in [0.4, 0.5) is 21.0 Å². The van der Waals surface area contributed by atoms with Gasteiger partial charge in [0.15, 0.2) is 18.1 Å². The van der Waals surface area contributed by atoms with E-state index in [1.807, 2.05) is 33.6 Å². The summed E-state index contributed by atoms with van der Waals surface area (Å²) in [5.41, 5.74) is 2.10. The largest absolute Gasteiger partial charge is 0.441 e. The summed E-state index contributed by atoms with van der Waals surface area (Å²) in [6.45, 7) is 6.11. The molecule has 14 heteroatoms. The number of carbonyl (C=O) groups excluding carboxylic acids is 1. The lowest BCUT2D eigenvalue weighted by Gasteiger charge is -2.38. The maximum Gasteiger partial charge on any atom is 0.407 e. The average Bonchev–Trinajstić information content (AvgIpc) is 3.64. The fourth-order valence-corrected chi connectivity index (χ4v) is 4.71. The number of ether oxygens (including phenoxy) is 2. The molecule has 200 valence electrons. The minimum Gasteiger partial charge on any atom is -0.441 e. The van der Waals surface area contributed by atoms with Crippen molar-refractivity contribution in [3.05, 3.63) is 54.4 Å². The molecule has 2 saturated heterocycles. The first-order chi connectivity index (χ1) is 18.4. The van der Waals surface area contributed by atoms with Crippen molar-refractivity contribution in [1.82, 2.24) is 44.6 Å². The second kappa shape index (κ2) is 10.0. The van der Waals surface area contributed by atoms with Gasteiger partial charge >= 0.3 is 6.09 Å². The number of aromatic nitrogens is 7. The molecule has 2 aliphatic rings. The van der Waals surface area contributed by atoms with Gasteiger partial charge in [-0.25, -0.2) is 19.2 Å². The van der Waals surface area contributed by atoms with E-state index in [1.165, 1.54) is 0 Å². The fraction of sp³-hybridized carbons (Fsp3) is 0.458. The van der Waals surface area contributed by atoms with E-state index >= 15 is 0 Å². The van der Waals surface area contributed by atoms with Crippen molar-refractivity contribution >= 4 is 23.5 Å². The number of alkyl halides is 1. The van der Waals surface area contributed by atoms with Gasteiger partial charge in [-0.1, -0.05) is 0 Å². The summed E-state index contributed by atoms with van der Waals surface area (Å²) in [6, 6.07) is 5.71. The van der Waals surface area contributed by atoms with E-state index in [-0.39, 0.29) is 12.6 Å². The molecule has 0 spiro atoms. The van der Waals surface area contributed by atoms with Crippen molar-refractivity contribution in [1.29, 1.82) is 0 Å². The first-order valence-corrected chi connectivity index (χ1v) is 12.5. The van der Waals surface area contributed by atoms with E-state index in [2.05, 4.69) is 35.8 Å². The molecule has 2 fully saturated rings. The van der Waals surface area contributed by atoms with Crippen LogP contribution in [0.1, 0.15) is 37.4 Å². The van der Waals surface area contributed by atoms with Crippen molar-refractivity contribution in [2.75, 3.05) is 25.0 Å². The minimum absolute atomic E-state index is 0.0441. The number of hydrogen-bond acceptors (Lipinski definition) is 9. The smallest absolute Gasteiger partial charge is 0.407 e. The molecule has 13 nitrogen and oxygen atoms in total. The number of hydrogen-bond donors (Lipinski definition) is 3. The number of alkyl carbamates (subject to hydrolysis) is 1. The van der Waals surface area contributed by atoms with Crippen LogP contribution in [-0.2, 0) is 16.0 Å². The summed E-state index contributed by atoms with van der Waals surface area (Å²) in [4.78, 5) is 23.3. The van der Waals surface area contributed by atoms with Gasteiger partial charge in [0, 0.05) is 56.5 Å². The summed E-state index contributed by atoms with van der Waals surface area (Å²) >= 11 is 0. The highest BCUT2D eigenvalue weighted by Gasteiger charge is 2.42. The van der Waals surface area contributed by atoms with Crippen LogP contribution in [0.5, 0.6) is 0 Å². The number of carbonyl (C=O) groups is 1. The van der Waals surface area contributed by atoms with Gasteiger partial charge in [0.25, 0.3) is 0 Å². The van der Waals surface area contributed by atoms with Crippen molar-refractivity contribution in [3.63, 3.8) is 0 Å². The molecule has 3 atom stereocenters. The molecular weight excluding hydrogens is 495 g/mol. The van der Waals surface area contributed by atoms with Crippen molar-refractivity contribution in [2.45, 2.75) is 50.9 Å². The standard InChI is InChI=1S/C24H29FN10O3/c1-14(2)28-24(36)38-18-13-37-22(21(18)25)17-8-19(32-31-17)30-23-26-6-4-20-29-15(10-34(20)23)9-33-11-16(12-33)35-7-3-5-27-35/h3-8,10,14,16,18,21-22H,9,11-13H2,1-2H3,(H,28,36)(H2,26,30,31,32)/t18-,21+,22-/m1/s1. The first kappa shape index (κ1) is 24.3. The molecule has 6 rings (SSSR count). The molecule has 0 saturated carbocycles. The van der Waals surface area contributed by atoms with Gasteiger partial charge in [0.2, 0.25) is 5.95 Å². The zero-order valence-electron chi connectivity index (χ0n) is 21.0. The van der Waals surface area contributed by atoms with E-state index < -0.39 is 24.5 Å². The molecule has 0 aromatic carbocycles. The van der Waals surface area contributed by atoms with Crippen molar-refractivity contribution < 1.29 is 18.7 Å². The van der Waals surface area contributed by atoms with Crippen LogP contribution in [0.15, 0.2) is 43.0 Å². The molecule has 1 amide bonds. The normalized spacial score (nSPS) is 22.2. The SMILES string of the molecule is CC(C)NC(=O)O[C@@H]1CO[C@H](c2cc(Nc3nccc4nc(CN5CC(n6cccn6)C5)cn34)n[nH]2)[C@H]1F. The first-order valence-electron chi connectivity index (χ1n) is 12.5. The van der Waals surface area contributed by atoms with E-state index in [4.69, 9.17) is 14.5 Å². The third kappa shape index (κ3) is 4.91. The minimum atomic E-state index is -1.53. The Morgan fingerprint density at radius 2 is 2.21 bits per heavy atom. The molecule has 38 heavy (non-hydrogen) atoms. The summed E-state index contributed by atoms with van der Waals surface area (Å²) in [5.74, 6) is 0.964. The zero-order chi connectivity index (χ0) is 26.2. The molecule has 0 aliphatic carbocycles. The lowest BCUT2D eigenvalue weighted by atomic mass is 10.1. The molecular formula is C24H29FN10O3. The summed E-state index contributed by atoms with van der Waals surface area (Å²) in [5, 5.41) is 17.1. The van der Waals surface area contributed by atoms with Gasteiger partial charge in [-0.05, 0) is 26.0 Å². The maximum absolute atomic E-state index is 15.0. The third-order valence-electron chi connectivity index (χ3n) is 6.55. The second-order valence-electron chi connectivity index (χ2n) is 9.84. The van der Waals surface area contributed by atoms with Crippen LogP contribution in [0.25, 0.3) is 5.65 Å². The van der Waals surface area contributed by atoms with Gasteiger partial charge in [0.05, 0.1) is 24.0 Å². The number of aromatic amines is 1. The summed E-state index contributed by atoms with van der Waals surface area (Å²) < 4.78 is 29.6. The zero-order valence-corrected chi connectivity index (χ0v) is 21.0. The molecule has 0 bridgehead atoms.